The number of esters is 1. The summed E-state index contributed by atoms with van der Waals surface area (Å²) in [5, 5.41) is 0. The molecule has 0 bridgehead atoms. The molecule has 7 nitrogen and oxygen atoms in total. The third-order valence-electron chi connectivity index (χ3n) is 6.06. The average molecular weight is 484 g/mol. The van der Waals surface area contributed by atoms with Gasteiger partial charge in [0.15, 0.2) is 11.6 Å². The van der Waals surface area contributed by atoms with Crippen LogP contribution in [0, 0.1) is 11.6 Å². The van der Waals surface area contributed by atoms with Crippen LogP contribution in [-0.4, -0.2) is 47.2 Å². The summed E-state index contributed by atoms with van der Waals surface area (Å²) in [5.74, 6) is -2.13. The lowest BCUT2D eigenvalue weighted by Crippen LogP contribution is -2.29. The lowest BCUT2D eigenvalue weighted by molar-refractivity contribution is 0.0593. The van der Waals surface area contributed by atoms with Crippen LogP contribution >= 0.6 is 0 Å². The van der Waals surface area contributed by atoms with Gasteiger partial charge in [0, 0.05) is 56.8 Å². The maximum absolute atomic E-state index is 13.6. The van der Waals surface area contributed by atoms with Gasteiger partial charge in [-0.3, -0.25) is 14.7 Å². The van der Waals surface area contributed by atoms with E-state index in [9.17, 15) is 18.4 Å². The topological polar surface area (TPSA) is 73.7 Å². The first kappa shape index (κ1) is 24.5. The van der Waals surface area contributed by atoms with Crippen molar-refractivity contribution in [3.63, 3.8) is 0 Å². The van der Waals surface area contributed by atoms with Crippen molar-refractivity contribution < 1.29 is 23.0 Å². The van der Waals surface area contributed by atoms with Gasteiger partial charge in [-0.2, -0.15) is 0 Å². The molecule has 0 unspecified atom stereocenters. The van der Waals surface area contributed by atoms with Crippen LogP contribution < -0.4 is 10.3 Å². The quantitative estimate of drug-likeness (QED) is 0.361. The van der Waals surface area contributed by atoms with Crippen molar-refractivity contribution in [3.05, 3.63) is 93.2 Å². The molecular formula is C26H27F2N3O4. The minimum atomic E-state index is -0.893. The van der Waals surface area contributed by atoms with Crippen molar-refractivity contribution in [2.24, 2.45) is 0 Å². The summed E-state index contributed by atoms with van der Waals surface area (Å²) in [5.41, 5.74) is 2.26. The fourth-order valence-electron chi connectivity index (χ4n) is 4.29. The Morgan fingerprint density at radius 2 is 1.94 bits per heavy atom. The zero-order valence-corrected chi connectivity index (χ0v) is 19.5. The van der Waals surface area contributed by atoms with Crippen molar-refractivity contribution in [3.8, 4) is 5.75 Å². The molecule has 0 N–H and O–H groups in total. The molecule has 1 aromatic carbocycles. The van der Waals surface area contributed by atoms with Crippen molar-refractivity contribution in [1.82, 2.24) is 14.5 Å². The van der Waals surface area contributed by atoms with E-state index in [4.69, 9.17) is 9.47 Å². The van der Waals surface area contributed by atoms with Crippen LogP contribution in [0.25, 0.3) is 0 Å². The van der Waals surface area contributed by atoms with Gasteiger partial charge in [-0.15, -0.1) is 0 Å². The fourth-order valence-corrected chi connectivity index (χ4v) is 4.29. The molecule has 0 saturated carbocycles. The number of hydrogen-bond acceptors (Lipinski definition) is 6. The Hall–Kier alpha value is -3.59. The van der Waals surface area contributed by atoms with Crippen molar-refractivity contribution in [2.45, 2.75) is 32.4 Å². The van der Waals surface area contributed by atoms with E-state index in [0.29, 0.717) is 56.9 Å². The summed E-state index contributed by atoms with van der Waals surface area (Å²) < 4.78 is 39.4. The second kappa shape index (κ2) is 11.2. The molecule has 0 saturated heterocycles. The van der Waals surface area contributed by atoms with Crippen LogP contribution in [0.15, 0.2) is 53.6 Å². The molecule has 0 aliphatic carbocycles. The SMILES string of the molecule is COC(=O)c1c(OCCCc2cccnc2)cc(=O)n2c1CCN(Cc1ccc(F)c(F)c1)CC2. The smallest absolute Gasteiger partial charge is 0.343 e. The number of nitrogens with zero attached hydrogens (tertiary/aromatic N) is 3. The van der Waals surface area contributed by atoms with E-state index in [1.165, 1.54) is 19.2 Å². The van der Waals surface area contributed by atoms with E-state index in [1.54, 1.807) is 23.0 Å². The Kier molecular flexibility index (Phi) is 7.87. The van der Waals surface area contributed by atoms with Crippen LogP contribution in [0.2, 0.25) is 0 Å². The van der Waals surface area contributed by atoms with Crippen LogP contribution in [0.4, 0.5) is 8.78 Å². The van der Waals surface area contributed by atoms with E-state index >= 15 is 0 Å². The number of carbonyl (C=O) groups is 1. The van der Waals surface area contributed by atoms with Crippen molar-refractivity contribution in [1.29, 1.82) is 0 Å². The minimum Gasteiger partial charge on any atom is -0.492 e. The van der Waals surface area contributed by atoms with E-state index in [0.717, 1.165) is 18.1 Å². The zero-order chi connectivity index (χ0) is 24.8. The predicted octanol–water partition coefficient (Wildman–Crippen LogP) is 3.38. The third-order valence-corrected chi connectivity index (χ3v) is 6.06. The average Bonchev–Trinajstić information content (AvgIpc) is 3.07. The second-order valence-electron chi connectivity index (χ2n) is 8.40. The summed E-state index contributed by atoms with van der Waals surface area (Å²) in [7, 11) is 1.29. The van der Waals surface area contributed by atoms with Crippen molar-refractivity contribution >= 4 is 5.97 Å². The van der Waals surface area contributed by atoms with Gasteiger partial charge in [-0.25, -0.2) is 13.6 Å². The van der Waals surface area contributed by atoms with Crippen LogP contribution in [0.5, 0.6) is 5.75 Å². The number of hydrogen-bond donors (Lipinski definition) is 0. The van der Waals surface area contributed by atoms with Gasteiger partial charge >= 0.3 is 5.97 Å². The molecule has 9 heteroatoms. The normalized spacial score (nSPS) is 13.7. The maximum atomic E-state index is 13.6. The number of aryl methyl sites for hydroxylation is 1. The summed E-state index contributed by atoms with van der Waals surface area (Å²) in [6, 6.07) is 9.01. The standard InChI is InChI=1S/C26H27F2N3O4/c1-34-26(33)25-22-8-10-30(17-19-6-7-20(27)21(28)14-19)11-12-31(22)24(32)15-23(25)35-13-3-5-18-4-2-9-29-16-18/h2,4,6-7,9,14-16H,3,5,8,10-13,17H2,1H3. The van der Waals surface area contributed by atoms with Crippen molar-refractivity contribution in [2.75, 3.05) is 26.8 Å². The van der Waals surface area contributed by atoms with Gasteiger partial charge in [0.2, 0.25) is 0 Å². The van der Waals surface area contributed by atoms with Gasteiger partial charge in [-0.05, 0) is 42.2 Å². The number of methoxy groups -OCH3 is 1. The largest absolute Gasteiger partial charge is 0.492 e. The third kappa shape index (κ3) is 5.92. The Balaban J connectivity index is 1.50. The number of carbonyl (C=O) groups excluding carboxylic acids is 1. The van der Waals surface area contributed by atoms with Gasteiger partial charge in [-0.1, -0.05) is 12.1 Å². The second-order valence-corrected chi connectivity index (χ2v) is 8.40. The van der Waals surface area contributed by atoms with Gasteiger partial charge < -0.3 is 14.0 Å². The summed E-state index contributed by atoms with van der Waals surface area (Å²) in [6.45, 7) is 2.10. The highest BCUT2D eigenvalue weighted by molar-refractivity contribution is 5.93. The molecule has 1 aliphatic heterocycles. The Morgan fingerprint density at radius 3 is 2.69 bits per heavy atom. The number of ether oxygens (including phenoxy) is 2. The number of halogens is 2. The Bertz CT molecular complexity index is 1250. The zero-order valence-electron chi connectivity index (χ0n) is 19.5. The summed E-state index contributed by atoms with van der Waals surface area (Å²) in [4.78, 5) is 31.8. The molecule has 2 aromatic heterocycles. The molecule has 3 aromatic rings. The first-order valence-electron chi connectivity index (χ1n) is 11.5. The molecule has 3 heterocycles. The van der Waals surface area contributed by atoms with E-state index in [2.05, 4.69) is 4.98 Å². The highest BCUT2D eigenvalue weighted by Crippen LogP contribution is 2.25. The number of aromatic nitrogens is 2. The molecule has 0 amide bonds. The van der Waals surface area contributed by atoms with E-state index < -0.39 is 17.6 Å². The van der Waals surface area contributed by atoms with E-state index in [1.807, 2.05) is 17.0 Å². The first-order chi connectivity index (χ1) is 17.0. The Labute approximate surface area is 201 Å². The lowest BCUT2D eigenvalue weighted by atomic mass is 10.1. The monoisotopic (exact) mass is 483 g/mol. The lowest BCUT2D eigenvalue weighted by Gasteiger charge is -2.19. The molecule has 0 radical (unpaired) electrons. The summed E-state index contributed by atoms with van der Waals surface area (Å²) in [6.07, 6.45) is 5.35. The molecule has 0 fully saturated rings. The van der Waals surface area contributed by atoms with Gasteiger partial charge in [0.05, 0.1) is 13.7 Å². The fraction of sp³-hybridized carbons (Fsp3) is 0.346. The predicted molar refractivity (Wildman–Crippen MR) is 125 cm³/mol. The van der Waals surface area contributed by atoms with Crippen LogP contribution in [-0.2, 0) is 30.7 Å². The number of fused-ring (bicyclic) bond motifs is 1. The molecule has 0 spiro atoms. The highest BCUT2D eigenvalue weighted by Gasteiger charge is 2.26. The first-order valence-corrected chi connectivity index (χ1v) is 11.5. The van der Waals surface area contributed by atoms with Crippen LogP contribution in [0.1, 0.15) is 33.6 Å². The number of rotatable bonds is 8. The molecular weight excluding hydrogens is 456 g/mol. The number of pyridine rings is 2. The molecule has 35 heavy (non-hydrogen) atoms. The summed E-state index contributed by atoms with van der Waals surface area (Å²) >= 11 is 0. The van der Waals surface area contributed by atoms with Gasteiger partial charge in [0.1, 0.15) is 11.3 Å². The molecule has 4 rings (SSSR count). The van der Waals surface area contributed by atoms with Gasteiger partial charge in [0.25, 0.3) is 5.56 Å². The highest BCUT2D eigenvalue weighted by atomic mass is 19.2. The van der Waals surface area contributed by atoms with E-state index in [-0.39, 0.29) is 16.9 Å². The molecule has 1 aliphatic rings. The van der Waals surface area contributed by atoms with Crippen LogP contribution in [0.3, 0.4) is 0 Å². The number of benzene rings is 1. The molecule has 184 valence electrons. The maximum Gasteiger partial charge on any atom is 0.343 e. The molecule has 0 atom stereocenters. The minimum absolute atomic E-state index is 0.216. The Morgan fingerprint density at radius 1 is 1.09 bits per heavy atom.